The number of amidine groups is 1. The van der Waals surface area contributed by atoms with Gasteiger partial charge in [-0.2, -0.15) is 5.26 Å². The van der Waals surface area contributed by atoms with E-state index in [1.807, 2.05) is 6.07 Å². The maximum Gasteiger partial charge on any atom is 0.245 e. The van der Waals surface area contributed by atoms with E-state index < -0.39 is 0 Å². The summed E-state index contributed by atoms with van der Waals surface area (Å²) < 4.78 is 0. The Morgan fingerprint density at radius 3 is 2.83 bits per heavy atom. The molecule has 1 aromatic carbocycles. The van der Waals surface area contributed by atoms with E-state index >= 15 is 0 Å². The number of nitriles is 1. The van der Waals surface area contributed by atoms with Gasteiger partial charge in [-0.15, -0.1) is 0 Å². The molecule has 0 aliphatic carbocycles. The number of nitrogens with zero attached hydrogens (tertiary/aromatic N) is 2. The molecule has 1 amide bonds. The number of carbonyl (C=O) groups is 1. The molecule has 0 bridgehead atoms. The Kier molecular flexibility index (Phi) is 4.20. The molecule has 92 valence electrons. The number of amides is 1. The average Bonchev–Trinajstić information content (AvgIpc) is 2.90. The molecular weight excluding hydrogens is 248 g/mol. The molecule has 2 N–H and O–H groups in total. The van der Waals surface area contributed by atoms with Crippen LogP contribution in [-0.4, -0.2) is 29.9 Å². The van der Waals surface area contributed by atoms with Gasteiger partial charge in [0.2, 0.25) is 5.91 Å². The molecule has 1 aliphatic heterocycles. The number of benzene rings is 1. The van der Waals surface area contributed by atoms with Crippen LogP contribution in [0, 0.1) is 11.3 Å². The van der Waals surface area contributed by atoms with Crippen molar-refractivity contribution in [3.8, 4) is 6.07 Å². The first-order valence-corrected chi connectivity index (χ1v) is 6.47. The fraction of sp³-hybridized carbons (Fsp3) is 0.250. The first kappa shape index (κ1) is 12.5. The summed E-state index contributed by atoms with van der Waals surface area (Å²) >= 11 is 1.55. The summed E-state index contributed by atoms with van der Waals surface area (Å²) in [6, 6.07) is 9.00. The van der Waals surface area contributed by atoms with E-state index in [0.29, 0.717) is 10.7 Å². The number of nitrogens with one attached hydrogen (secondary N) is 2. The van der Waals surface area contributed by atoms with Crippen molar-refractivity contribution in [1.29, 1.82) is 5.26 Å². The molecule has 0 fully saturated rings. The Bertz CT molecular complexity index is 504. The lowest BCUT2D eigenvalue weighted by atomic mass is 10.2. The lowest BCUT2D eigenvalue weighted by Crippen LogP contribution is -2.32. The lowest BCUT2D eigenvalue weighted by Gasteiger charge is -2.06. The monoisotopic (exact) mass is 260 g/mol. The quantitative estimate of drug-likeness (QED) is 0.855. The van der Waals surface area contributed by atoms with Gasteiger partial charge in [-0.3, -0.25) is 9.79 Å². The standard InChI is InChI=1S/C12H12N4OS/c13-7-9-1-3-10(4-2-9)15-8-11(17)16-12-14-5-6-18-12/h1-4,15H,5-6,8H2,(H,14,16,17). The Morgan fingerprint density at radius 1 is 1.44 bits per heavy atom. The topological polar surface area (TPSA) is 77.3 Å². The normalized spacial score (nSPS) is 13.6. The van der Waals surface area contributed by atoms with Gasteiger partial charge in [0.1, 0.15) is 0 Å². The van der Waals surface area contributed by atoms with Gasteiger partial charge in [0, 0.05) is 11.4 Å². The van der Waals surface area contributed by atoms with Crippen LogP contribution in [0.15, 0.2) is 29.3 Å². The number of carbonyl (C=O) groups excluding carboxylic acids is 1. The van der Waals surface area contributed by atoms with Crippen molar-refractivity contribution < 1.29 is 4.79 Å². The third-order valence-electron chi connectivity index (χ3n) is 2.30. The maximum atomic E-state index is 11.6. The van der Waals surface area contributed by atoms with Crippen LogP contribution in [0.2, 0.25) is 0 Å². The third-order valence-corrected chi connectivity index (χ3v) is 3.19. The Balaban J connectivity index is 1.79. The van der Waals surface area contributed by atoms with Crippen molar-refractivity contribution in [2.75, 3.05) is 24.2 Å². The second kappa shape index (κ2) is 6.07. The summed E-state index contributed by atoms with van der Waals surface area (Å²) in [5, 5.41) is 15.1. The summed E-state index contributed by atoms with van der Waals surface area (Å²) in [6.45, 7) is 0.953. The zero-order chi connectivity index (χ0) is 12.8. The van der Waals surface area contributed by atoms with Gasteiger partial charge in [0.05, 0.1) is 24.7 Å². The molecule has 2 rings (SSSR count). The van der Waals surface area contributed by atoms with E-state index in [-0.39, 0.29) is 12.5 Å². The van der Waals surface area contributed by atoms with Crippen LogP contribution in [0.5, 0.6) is 0 Å². The third kappa shape index (κ3) is 3.50. The van der Waals surface area contributed by atoms with E-state index in [4.69, 9.17) is 5.26 Å². The highest BCUT2D eigenvalue weighted by Gasteiger charge is 2.10. The molecule has 18 heavy (non-hydrogen) atoms. The van der Waals surface area contributed by atoms with Crippen LogP contribution in [0.25, 0.3) is 0 Å². The molecule has 6 heteroatoms. The molecule has 0 saturated carbocycles. The summed E-state index contributed by atoms with van der Waals surface area (Å²) in [5.74, 6) is 0.811. The fourth-order valence-electron chi connectivity index (χ4n) is 1.42. The molecule has 0 aromatic heterocycles. The molecule has 5 nitrogen and oxygen atoms in total. The molecule has 1 heterocycles. The van der Waals surface area contributed by atoms with Crippen molar-refractivity contribution in [3.63, 3.8) is 0 Å². The molecule has 0 unspecified atom stereocenters. The van der Waals surface area contributed by atoms with Crippen LogP contribution in [0.3, 0.4) is 0 Å². The summed E-state index contributed by atoms with van der Waals surface area (Å²) in [7, 11) is 0. The number of aliphatic imine (C=N–C) groups is 1. The van der Waals surface area contributed by atoms with Crippen LogP contribution in [-0.2, 0) is 4.79 Å². The van der Waals surface area contributed by atoms with Crippen molar-refractivity contribution >= 4 is 28.5 Å². The van der Waals surface area contributed by atoms with E-state index in [9.17, 15) is 4.79 Å². The smallest absolute Gasteiger partial charge is 0.245 e. The summed E-state index contributed by atoms with van der Waals surface area (Å²) in [6.07, 6.45) is 0. The van der Waals surface area contributed by atoms with Gasteiger partial charge in [-0.05, 0) is 24.3 Å². The highest BCUT2D eigenvalue weighted by atomic mass is 32.2. The second-order valence-corrected chi connectivity index (χ2v) is 4.71. The molecule has 0 spiro atoms. The molecule has 1 aliphatic rings. The SMILES string of the molecule is N#Cc1ccc(NCC(=O)NC2=NCCS2)cc1. The summed E-state index contributed by atoms with van der Waals surface area (Å²) in [4.78, 5) is 15.7. The largest absolute Gasteiger partial charge is 0.376 e. The van der Waals surface area contributed by atoms with Crippen LogP contribution in [0.1, 0.15) is 5.56 Å². The summed E-state index contributed by atoms with van der Waals surface area (Å²) in [5.41, 5.74) is 1.41. The zero-order valence-electron chi connectivity index (χ0n) is 9.64. The Morgan fingerprint density at radius 2 is 2.22 bits per heavy atom. The number of hydrogen-bond acceptors (Lipinski definition) is 5. The van der Waals surface area contributed by atoms with Crippen LogP contribution in [0.4, 0.5) is 5.69 Å². The number of thioether (sulfide) groups is 1. The van der Waals surface area contributed by atoms with Crippen molar-refractivity contribution in [2.24, 2.45) is 4.99 Å². The van der Waals surface area contributed by atoms with Gasteiger partial charge in [-0.1, -0.05) is 11.8 Å². The maximum absolute atomic E-state index is 11.6. The highest BCUT2D eigenvalue weighted by Crippen LogP contribution is 2.09. The van der Waals surface area contributed by atoms with E-state index in [1.165, 1.54) is 0 Å². The Hall–Kier alpha value is -2.00. The minimum atomic E-state index is -0.118. The van der Waals surface area contributed by atoms with E-state index in [1.54, 1.807) is 36.0 Å². The van der Waals surface area contributed by atoms with Crippen LogP contribution >= 0.6 is 11.8 Å². The van der Waals surface area contributed by atoms with Gasteiger partial charge < -0.3 is 10.6 Å². The number of anilines is 1. The van der Waals surface area contributed by atoms with E-state index in [2.05, 4.69) is 15.6 Å². The lowest BCUT2D eigenvalue weighted by molar-refractivity contribution is -0.117. The van der Waals surface area contributed by atoms with Gasteiger partial charge in [0.15, 0.2) is 5.17 Å². The first-order valence-electron chi connectivity index (χ1n) is 5.49. The molecule has 0 radical (unpaired) electrons. The van der Waals surface area contributed by atoms with Crippen molar-refractivity contribution in [2.45, 2.75) is 0 Å². The minimum Gasteiger partial charge on any atom is -0.376 e. The highest BCUT2D eigenvalue weighted by molar-refractivity contribution is 8.14. The predicted molar refractivity (Wildman–Crippen MR) is 72.5 cm³/mol. The van der Waals surface area contributed by atoms with Gasteiger partial charge in [0.25, 0.3) is 0 Å². The number of rotatable bonds is 3. The molecular formula is C12H12N4OS. The van der Waals surface area contributed by atoms with Crippen molar-refractivity contribution in [1.82, 2.24) is 5.32 Å². The Labute approximate surface area is 109 Å². The minimum absolute atomic E-state index is 0.118. The van der Waals surface area contributed by atoms with Crippen LogP contribution < -0.4 is 10.6 Å². The fourth-order valence-corrected chi connectivity index (χ4v) is 2.16. The zero-order valence-corrected chi connectivity index (χ0v) is 10.5. The molecule has 0 atom stereocenters. The molecule has 0 saturated heterocycles. The van der Waals surface area contributed by atoms with Gasteiger partial charge >= 0.3 is 0 Å². The second-order valence-electron chi connectivity index (χ2n) is 3.63. The predicted octanol–water partition coefficient (Wildman–Crippen LogP) is 1.19. The van der Waals surface area contributed by atoms with Gasteiger partial charge in [-0.25, -0.2) is 0 Å². The van der Waals surface area contributed by atoms with Crippen molar-refractivity contribution in [3.05, 3.63) is 29.8 Å². The first-order chi connectivity index (χ1) is 8.78. The van der Waals surface area contributed by atoms with E-state index in [0.717, 1.165) is 18.0 Å². The molecule has 1 aromatic rings. The number of hydrogen-bond donors (Lipinski definition) is 2. The average molecular weight is 260 g/mol.